The molecule has 2 aromatic rings. The maximum absolute atomic E-state index is 10.9. The monoisotopic (exact) mass is 327 g/mol. The van der Waals surface area contributed by atoms with E-state index in [2.05, 4.69) is 13.8 Å². The first-order valence-corrected chi connectivity index (χ1v) is 8.79. The van der Waals surface area contributed by atoms with E-state index >= 15 is 0 Å². The van der Waals surface area contributed by atoms with Crippen LogP contribution in [0.2, 0.25) is 0 Å². The second-order valence-electron chi connectivity index (χ2n) is 6.21. The molecule has 1 atom stereocenters. The number of hydrogen-bond donors (Lipinski definition) is 1. The molecule has 2 heterocycles. The Hall–Kier alpha value is -2.07. The van der Waals surface area contributed by atoms with Gasteiger partial charge in [0.05, 0.1) is 0 Å². The van der Waals surface area contributed by atoms with E-state index in [-0.39, 0.29) is 6.79 Å². The fraction of sp³-hybridized carbons (Fsp3) is 0.450. The van der Waals surface area contributed by atoms with Crippen molar-refractivity contribution in [3.8, 4) is 11.5 Å². The van der Waals surface area contributed by atoms with Crippen molar-refractivity contribution in [1.82, 2.24) is 4.98 Å². The number of hydrogen-bond acceptors (Lipinski definition) is 4. The molecule has 4 heteroatoms. The van der Waals surface area contributed by atoms with E-state index in [1.807, 2.05) is 30.3 Å². The first kappa shape index (κ1) is 16.8. The average Bonchev–Trinajstić information content (AvgIpc) is 3.07. The van der Waals surface area contributed by atoms with Crippen molar-refractivity contribution >= 4 is 0 Å². The molecule has 3 rings (SSSR count). The number of aryl methyl sites for hydroxylation is 2. The van der Waals surface area contributed by atoms with Gasteiger partial charge in [0.2, 0.25) is 6.79 Å². The van der Waals surface area contributed by atoms with Crippen LogP contribution in [0.4, 0.5) is 0 Å². The van der Waals surface area contributed by atoms with E-state index in [1.165, 1.54) is 0 Å². The maximum atomic E-state index is 10.9. The number of aliphatic hydroxyl groups excluding tert-OH is 1. The van der Waals surface area contributed by atoms with Crippen molar-refractivity contribution in [2.24, 2.45) is 0 Å². The Kier molecular flexibility index (Phi) is 5.36. The third-order valence-corrected chi connectivity index (χ3v) is 4.35. The first-order chi connectivity index (χ1) is 11.7. The van der Waals surface area contributed by atoms with Gasteiger partial charge in [-0.15, -0.1) is 0 Å². The quantitative estimate of drug-likeness (QED) is 0.828. The molecule has 0 saturated carbocycles. The fourth-order valence-corrected chi connectivity index (χ4v) is 3.00. The molecule has 0 bridgehead atoms. The minimum atomic E-state index is -0.700. The second-order valence-corrected chi connectivity index (χ2v) is 6.21. The van der Waals surface area contributed by atoms with Gasteiger partial charge in [0.15, 0.2) is 11.5 Å². The molecular weight excluding hydrogens is 302 g/mol. The van der Waals surface area contributed by atoms with E-state index in [9.17, 15) is 5.11 Å². The third-order valence-electron chi connectivity index (χ3n) is 4.35. The summed E-state index contributed by atoms with van der Waals surface area (Å²) in [5, 5.41) is 10.9. The van der Waals surface area contributed by atoms with Crippen molar-refractivity contribution in [3.05, 3.63) is 52.8 Å². The van der Waals surface area contributed by atoms with Gasteiger partial charge in [0.1, 0.15) is 6.10 Å². The third kappa shape index (κ3) is 3.54. The van der Waals surface area contributed by atoms with E-state index in [0.29, 0.717) is 5.75 Å². The Morgan fingerprint density at radius 1 is 1.04 bits per heavy atom. The highest BCUT2D eigenvalue weighted by Gasteiger charge is 2.20. The minimum Gasteiger partial charge on any atom is -0.454 e. The molecule has 1 aromatic heterocycles. The van der Waals surface area contributed by atoms with Gasteiger partial charge in [-0.05, 0) is 43.0 Å². The van der Waals surface area contributed by atoms with Crippen molar-refractivity contribution in [2.75, 3.05) is 6.79 Å². The van der Waals surface area contributed by atoms with Crippen LogP contribution in [-0.4, -0.2) is 16.9 Å². The number of aromatic nitrogens is 1. The zero-order chi connectivity index (χ0) is 16.9. The molecule has 24 heavy (non-hydrogen) atoms. The number of unbranched alkanes of at least 4 members (excludes halogenated alkanes) is 1. The Bertz CT molecular complexity index is 699. The van der Waals surface area contributed by atoms with Crippen molar-refractivity contribution < 1.29 is 14.6 Å². The van der Waals surface area contributed by atoms with Crippen LogP contribution in [0.5, 0.6) is 11.5 Å². The summed E-state index contributed by atoms with van der Waals surface area (Å²) in [5.41, 5.74) is 3.80. The molecule has 0 unspecified atom stereocenters. The summed E-state index contributed by atoms with van der Waals surface area (Å²) in [6.07, 6.45) is 4.47. The average molecular weight is 327 g/mol. The standard InChI is InChI=1S/C20H25NO3/c1-3-5-7-15-9-10-16(17(21-15)6-4-2)20(22)14-8-11-18-19(12-14)24-13-23-18/h8-12,20,22H,3-7,13H2,1-2H3/t20-/m1/s1. The fourth-order valence-electron chi connectivity index (χ4n) is 3.00. The zero-order valence-electron chi connectivity index (χ0n) is 14.4. The van der Waals surface area contributed by atoms with Crippen LogP contribution in [-0.2, 0) is 12.8 Å². The molecule has 4 nitrogen and oxygen atoms in total. The number of pyridine rings is 1. The lowest BCUT2D eigenvalue weighted by Gasteiger charge is -2.17. The lowest BCUT2D eigenvalue weighted by Crippen LogP contribution is -2.08. The van der Waals surface area contributed by atoms with E-state index in [1.54, 1.807) is 0 Å². The molecule has 0 radical (unpaired) electrons. The highest BCUT2D eigenvalue weighted by atomic mass is 16.7. The van der Waals surface area contributed by atoms with Crippen LogP contribution in [0.3, 0.4) is 0 Å². The molecule has 1 aliphatic heterocycles. The maximum Gasteiger partial charge on any atom is 0.231 e. The smallest absolute Gasteiger partial charge is 0.231 e. The van der Waals surface area contributed by atoms with Crippen molar-refractivity contribution in [1.29, 1.82) is 0 Å². The number of nitrogens with zero attached hydrogens (tertiary/aromatic N) is 1. The summed E-state index contributed by atoms with van der Waals surface area (Å²) in [6, 6.07) is 9.66. The van der Waals surface area contributed by atoms with Gasteiger partial charge >= 0.3 is 0 Å². The van der Waals surface area contributed by atoms with Crippen LogP contribution >= 0.6 is 0 Å². The number of ether oxygens (including phenoxy) is 2. The van der Waals surface area contributed by atoms with Gasteiger partial charge in [0, 0.05) is 17.0 Å². The van der Waals surface area contributed by atoms with E-state index < -0.39 is 6.10 Å². The van der Waals surface area contributed by atoms with Crippen LogP contribution < -0.4 is 9.47 Å². The summed E-state index contributed by atoms with van der Waals surface area (Å²) in [7, 11) is 0. The number of benzene rings is 1. The topological polar surface area (TPSA) is 51.6 Å². The zero-order valence-corrected chi connectivity index (χ0v) is 14.4. The summed E-state index contributed by atoms with van der Waals surface area (Å²) < 4.78 is 10.8. The summed E-state index contributed by atoms with van der Waals surface area (Å²) in [4.78, 5) is 4.80. The molecule has 1 aliphatic rings. The van der Waals surface area contributed by atoms with Gasteiger partial charge in [-0.1, -0.05) is 38.8 Å². The Morgan fingerprint density at radius 2 is 1.88 bits per heavy atom. The second kappa shape index (κ2) is 7.67. The lowest BCUT2D eigenvalue weighted by atomic mass is 9.97. The molecule has 1 aromatic carbocycles. The molecule has 0 fully saturated rings. The normalized spacial score (nSPS) is 14.0. The Labute approximate surface area is 143 Å². The van der Waals surface area contributed by atoms with Gasteiger partial charge < -0.3 is 14.6 Å². The predicted molar refractivity (Wildman–Crippen MR) is 93.5 cm³/mol. The highest BCUT2D eigenvalue weighted by molar-refractivity contribution is 5.47. The first-order valence-electron chi connectivity index (χ1n) is 8.79. The molecular formula is C20H25NO3. The van der Waals surface area contributed by atoms with Gasteiger partial charge in [-0.3, -0.25) is 4.98 Å². The summed E-state index contributed by atoms with van der Waals surface area (Å²) >= 11 is 0. The lowest BCUT2D eigenvalue weighted by molar-refractivity contribution is 0.173. The Morgan fingerprint density at radius 3 is 2.67 bits per heavy atom. The number of fused-ring (bicyclic) bond motifs is 1. The largest absolute Gasteiger partial charge is 0.454 e. The van der Waals surface area contributed by atoms with Gasteiger partial charge in [-0.2, -0.15) is 0 Å². The summed E-state index contributed by atoms with van der Waals surface area (Å²) in [6.45, 7) is 4.56. The van der Waals surface area contributed by atoms with Crippen LogP contribution in [0.25, 0.3) is 0 Å². The summed E-state index contributed by atoms with van der Waals surface area (Å²) in [5.74, 6) is 1.42. The molecule has 0 saturated heterocycles. The van der Waals surface area contributed by atoms with Crippen LogP contribution in [0, 0.1) is 0 Å². The SMILES string of the molecule is CCCCc1ccc([C@H](O)c2ccc3c(c2)OCO3)c(CCC)n1. The van der Waals surface area contributed by atoms with Crippen molar-refractivity contribution in [2.45, 2.75) is 52.1 Å². The van der Waals surface area contributed by atoms with E-state index in [0.717, 1.165) is 60.4 Å². The molecule has 0 spiro atoms. The number of rotatable bonds is 7. The number of aliphatic hydroxyl groups is 1. The van der Waals surface area contributed by atoms with Crippen LogP contribution in [0.15, 0.2) is 30.3 Å². The van der Waals surface area contributed by atoms with Crippen molar-refractivity contribution in [3.63, 3.8) is 0 Å². The molecule has 0 amide bonds. The minimum absolute atomic E-state index is 0.240. The predicted octanol–water partition coefficient (Wildman–Crippen LogP) is 4.19. The molecule has 1 N–H and O–H groups in total. The highest BCUT2D eigenvalue weighted by Crippen LogP contribution is 2.36. The molecule has 0 aliphatic carbocycles. The van der Waals surface area contributed by atoms with Gasteiger partial charge in [-0.25, -0.2) is 0 Å². The van der Waals surface area contributed by atoms with Crippen LogP contribution in [0.1, 0.15) is 61.7 Å². The van der Waals surface area contributed by atoms with Gasteiger partial charge in [0.25, 0.3) is 0 Å². The van der Waals surface area contributed by atoms with E-state index in [4.69, 9.17) is 14.5 Å². The Balaban J connectivity index is 1.89. The molecule has 128 valence electrons.